The van der Waals surface area contributed by atoms with Crippen molar-refractivity contribution in [2.75, 3.05) is 0 Å². The summed E-state index contributed by atoms with van der Waals surface area (Å²) < 4.78 is 237. The fourth-order valence-corrected chi connectivity index (χ4v) is 2.70. The third kappa shape index (κ3) is 3.88. The van der Waals surface area contributed by atoms with E-state index in [4.69, 9.17) is 0 Å². The average Bonchev–Trinajstić information content (AvgIpc) is 2.65. The van der Waals surface area contributed by atoms with Crippen molar-refractivity contribution in [3.8, 4) is 0 Å². The Morgan fingerprint density at radius 2 is 0.824 bits per heavy atom. The van der Waals surface area contributed by atoms with Crippen molar-refractivity contribution in [2.45, 2.75) is 53.8 Å². The minimum atomic E-state index is -8.75. The van der Waals surface area contributed by atoms with Crippen LogP contribution in [0.15, 0.2) is 28.7 Å². The molecule has 1 atom stereocenters. The molecule has 0 bridgehead atoms. The zero-order valence-corrected chi connectivity index (χ0v) is 16.7. The molecular formula is C15H5BrF18. The molecule has 0 aliphatic heterocycles. The minimum absolute atomic E-state index is 0.182. The van der Waals surface area contributed by atoms with Crippen LogP contribution in [0.2, 0.25) is 0 Å². The van der Waals surface area contributed by atoms with Crippen molar-refractivity contribution in [1.29, 1.82) is 0 Å². The summed E-state index contributed by atoms with van der Waals surface area (Å²) in [6.45, 7) is 0. The van der Waals surface area contributed by atoms with E-state index >= 15 is 0 Å². The number of rotatable bonds is 8. The molecule has 0 aliphatic carbocycles. The Morgan fingerprint density at radius 1 is 0.500 bits per heavy atom. The predicted octanol–water partition coefficient (Wildman–Crippen LogP) is 8.47. The largest absolute Gasteiger partial charge is 0.460 e. The maximum Gasteiger partial charge on any atom is 0.460 e. The number of benzene rings is 1. The maximum absolute atomic E-state index is 14.0. The van der Waals surface area contributed by atoms with Crippen molar-refractivity contribution >= 4 is 15.9 Å². The molecule has 0 amide bonds. The number of halogens is 19. The van der Waals surface area contributed by atoms with Gasteiger partial charge in [0.05, 0.1) is 0 Å². The van der Waals surface area contributed by atoms with Crippen LogP contribution in [0.5, 0.6) is 0 Å². The fourth-order valence-electron chi connectivity index (χ4n) is 2.21. The van der Waals surface area contributed by atoms with Crippen molar-refractivity contribution in [2.24, 2.45) is 0 Å². The highest BCUT2D eigenvalue weighted by molar-refractivity contribution is 9.10. The summed E-state index contributed by atoms with van der Waals surface area (Å²) in [5, 5.41) is 0. The second kappa shape index (κ2) is 8.25. The predicted molar refractivity (Wildman–Crippen MR) is 78.7 cm³/mol. The zero-order chi connectivity index (χ0) is 27.6. The quantitative estimate of drug-likeness (QED) is 0.260. The maximum atomic E-state index is 14.0. The summed E-state index contributed by atoms with van der Waals surface area (Å²) in [5.41, 5.74) is -1.67. The highest BCUT2D eigenvalue weighted by Crippen LogP contribution is 2.65. The van der Waals surface area contributed by atoms with Crippen LogP contribution in [-0.2, 0) is 0 Å². The number of hydrogen-bond donors (Lipinski definition) is 0. The van der Waals surface area contributed by atoms with Crippen LogP contribution < -0.4 is 0 Å². The highest BCUT2D eigenvalue weighted by atomic mass is 79.9. The van der Waals surface area contributed by atoms with Gasteiger partial charge in [-0.15, -0.1) is 0 Å². The van der Waals surface area contributed by atoms with Crippen LogP contribution in [0.3, 0.4) is 0 Å². The summed E-state index contributed by atoms with van der Waals surface area (Å²) in [5.74, 6) is -58.1. The van der Waals surface area contributed by atoms with E-state index in [-0.39, 0.29) is 6.07 Å². The first kappa shape index (κ1) is 30.5. The molecule has 0 N–H and O–H groups in total. The molecule has 0 saturated heterocycles. The van der Waals surface area contributed by atoms with Gasteiger partial charge in [0, 0.05) is 10.0 Å². The molecule has 1 aromatic rings. The minimum Gasteiger partial charge on any atom is -0.235 e. The SMILES string of the molecule is FC(c1ccccc1Br)C(F)(F)C(F)(F)C(F)(F)C(F)(F)C(F)(F)C(F)(F)C(F)(F)C(F)(F)F. The first-order valence-electron chi connectivity index (χ1n) is 7.77. The lowest BCUT2D eigenvalue weighted by atomic mass is 9.87. The second-order valence-electron chi connectivity index (χ2n) is 6.45. The van der Waals surface area contributed by atoms with Crippen LogP contribution >= 0.6 is 15.9 Å². The summed E-state index contributed by atoms with van der Waals surface area (Å²) in [4.78, 5) is 0. The van der Waals surface area contributed by atoms with E-state index < -0.39 is 63.8 Å². The molecule has 0 fully saturated rings. The van der Waals surface area contributed by atoms with E-state index in [9.17, 15) is 79.0 Å². The van der Waals surface area contributed by atoms with Gasteiger partial charge in [-0.1, -0.05) is 34.1 Å². The molecule has 0 heterocycles. The van der Waals surface area contributed by atoms with Gasteiger partial charge in [0.15, 0.2) is 6.17 Å². The second-order valence-corrected chi connectivity index (χ2v) is 7.31. The number of hydrogen-bond acceptors (Lipinski definition) is 0. The fraction of sp³-hybridized carbons (Fsp3) is 0.600. The first-order valence-corrected chi connectivity index (χ1v) is 8.57. The Hall–Kier alpha value is -1.56. The molecule has 0 spiro atoms. The summed E-state index contributed by atoms with van der Waals surface area (Å²) >= 11 is 2.28. The molecule has 1 unspecified atom stereocenters. The molecule has 34 heavy (non-hydrogen) atoms. The van der Waals surface area contributed by atoms with Gasteiger partial charge in [0.2, 0.25) is 0 Å². The highest BCUT2D eigenvalue weighted by Gasteiger charge is 2.95. The van der Waals surface area contributed by atoms with Gasteiger partial charge in [0.1, 0.15) is 0 Å². The Bertz CT molecular complexity index is 886. The van der Waals surface area contributed by atoms with Crippen molar-refractivity contribution in [3.63, 3.8) is 0 Å². The monoisotopic (exact) mass is 606 g/mol. The Kier molecular flexibility index (Phi) is 7.39. The molecule has 0 saturated carbocycles. The van der Waals surface area contributed by atoms with Crippen LogP contribution in [0, 0.1) is 0 Å². The van der Waals surface area contributed by atoms with E-state index in [2.05, 4.69) is 15.9 Å². The average molecular weight is 607 g/mol. The van der Waals surface area contributed by atoms with Crippen molar-refractivity contribution < 1.29 is 79.0 Å². The Labute approximate surface area is 184 Å². The van der Waals surface area contributed by atoms with Gasteiger partial charge in [-0.3, -0.25) is 0 Å². The van der Waals surface area contributed by atoms with Gasteiger partial charge in [0.25, 0.3) is 0 Å². The molecule has 0 aromatic heterocycles. The smallest absolute Gasteiger partial charge is 0.235 e. The van der Waals surface area contributed by atoms with Gasteiger partial charge in [-0.2, -0.15) is 74.6 Å². The van der Waals surface area contributed by atoms with E-state index in [1.165, 1.54) is 0 Å². The lowest BCUT2D eigenvalue weighted by Gasteiger charge is -2.43. The van der Waals surface area contributed by atoms with E-state index in [0.717, 1.165) is 6.07 Å². The van der Waals surface area contributed by atoms with E-state index in [1.54, 1.807) is 0 Å². The normalized spacial score (nSPS) is 16.6. The van der Waals surface area contributed by atoms with E-state index in [1.807, 2.05) is 0 Å². The van der Waals surface area contributed by atoms with E-state index in [0.29, 0.717) is 12.1 Å². The Balaban J connectivity index is 3.70. The lowest BCUT2D eigenvalue weighted by Crippen LogP contribution is -2.74. The first-order chi connectivity index (χ1) is 14.7. The van der Waals surface area contributed by atoms with Gasteiger partial charge >= 0.3 is 47.6 Å². The zero-order valence-electron chi connectivity index (χ0n) is 15.1. The molecule has 19 heteroatoms. The molecule has 198 valence electrons. The Morgan fingerprint density at radius 3 is 1.18 bits per heavy atom. The summed E-state index contributed by atoms with van der Waals surface area (Å²) in [6, 6.07) is 2.32. The lowest BCUT2D eigenvalue weighted by molar-refractivity contribution is -0.463. The molecule has 1 aromatic carbocycles. The van der Waals surface area contributed by atoms with Crippen LogP contribution in [-0.4, -0.2) is 47.6 Å². The molecule has 1 rings (SSSR count). The number of alkyl halides is 18. The molecular weight excluding hydrogens is 602 g/mol. The third-order valence-electron chi connectivity index (χ3n) is 4.24. The van der Waals surface area contributed by atoms with Gasteiger partial charge in [-0.05, 0) is 6.07 Å². The molecule has 0 aliphatic rings. The summed E-state index contributed by atoms with van der Waals surface area (Å²) in [7, 11) is 0. The summed E-state index contributed by atoms with van der Waals surface area (Å²) in [6.07, 6.45) is -12.6. The topological polar surface area (TPSA) is 0 Å². The van der Waals surface area contributed by atoms with Crippen molar-refractivity contribution in [3.05, 3.63) is 34.3 Å². The van der Waals surface area contributed by atoms with Crippen molar-refractivity contribution in [1.82, 2.24) is 0 Å². The van der Waals surface area contributed by atoms with Gasteiger partial charge in [-0.25, -0.2) is 4.39 Å². The molecule has 0 nitrogen and oxygen atoms in total. The molecule has 0 radical (unpaired) electrons. The van der Waals surface area contributed by atoms with Crippen LogP contribution in [0.4, 0.5) is 79.0 Å². The standard InChI is InChI=1S/C15H5BrF18/c16-6-4-2-1-3-5(6)7(17)8(18,19)9(20,21)10(22,23)11(24,25)12(26,27)13(28,29)14(30,31)15(32,33)34/h1-4,7H. The third-order valence-corrected chi connectivity index (χ3v) is 4.97. The van der Waals surface area contributed by atoms with Crippen LogP contribution in [0.1, 0.15) is 11.7 Å². The van der Waals surface area contributed by atoms with Crippen LogP contribution in [0.25, 0.3) is 0 Å². The van der Waals surface area contributed by atoms with Gasteiger partial charge < -0.3 is 0 Å².